The molecule has 0 spiro atoms. The molecule has 0 aromatic heterocycles. The second-order valence-electron chi connectivity index (χ2n) is 5.15. The first-order valence-electron chi connectivity index (χ1n) is 6.93. The molecule has 0 heterocycles. The van der Waals surface area contributed by atoms with E-state index in [2.05, 4.69) is 15.9 Å². The number of carbonyl (C=O) groups is 1. The van der Waals surface area contributed by atoms with Gasteiger partial charge in [0.1, 0.15) is 0 Å². The highest BCUT2D eigenvalue weighted by atomic mass is 79.9. The topological polar surface area (TPSA) is 75.7 Å². The highest BCUT2D eigenvalue weighted by Crippen LogP contribution is 2.24. The number of nitrogens with one attached hydrogen (secondary N) is 1. The SMILES string of the molecule is CC(C)OC(=O)NS(=O)(=O)N(CCBr)C1CCCCC1. The van der Waals surface area contributed by atoms with Crippen LogP contribution >= 0.6 is 15.9 Å². The van der Waals surface area contributed by atoms with Gasteiger partial charge >= 0.3 is 16.3 Å². The number of nitrogens with zero attached hydrogens (tertiary/aromatic N) is 1. The third kappa shape index (κ3) is 5.57. The Bertz CT molecular complexity index is 408. The number of amides is 1. The Morgan fingerprint density at radius 1 is 1.35 bits per heavy atom. The van der Waals surface area contributed by atoms with Crippen molar-refractivity contribution in [3.63, 3.8) is 0 Å². The van der Waals surface area contributed by atoms with Gasteiger partial charge in [-0.15, -0.1) is 0 Å². The fourth-order valence-electron chi connectivity index (χ4n) is 2.35. The summed E-state index contributed by atoms with van der Waals surface area (Å²) >= 11 is 3.27. The summed E-state index contributed by atoms with van der Waals surface area (Å²) in [5, 5.41) is 0.531. The van der Waals surface area contributed by atoms with Gasteiger partial charge in [-0.1, -0.05) is 35.2 Å². The molecule has 20 heavy (non-hydrogen) atoms. The van der Waals surface area contributed by atoms with Crippen molar-refractivity contribution in [3.8, 4) is 0 Å². The van der Waals surface area contributed by atoms with Gasteiger partial charge in [0.05, 0.1) is 6.10 Å². The number of hydrogen-bond acceptors (Lipinski definition) is 4. The molecule has 1 fully saturated rings. The van der Waals surface area contributed by atoms with E-state index in [0.717, 1.165) is 32.1 Å². The maximum absolute atomic E-state index is 12.3. The highest BCUT2D eigenvalue weighted by Gasteiger charge is 2.32. The van der Waals surface area contributed by atoms with Gasteiger partial charge < -0.3 is 4.74 Å². The molecule has 118 valence electrons. The first-order valence-corrected chi connectivity index (χ1v) is 9.49. The van der Waals surface area contributed by atoms with E-state index >= 15 is 0 Å². The van der Waals surface area contributed by atoms with Gasteiger partial charge in [-0.2, -0.15) is 12.7 Å². The quantitative estimate of drug-likeness (QED) is 0.728. The maximum atomic E-state index is 12.3. The van der Waals surface area contributed by atoms with Crippen molar-refractivity contribution in [1.82, 2.24) is 9.03 Å². The van der Waals surface area contributed by atoms with Gasteiger partial charge in [0.2, 0.25) is 0 Å². The van der Waals surface area contributed by atoms with E-state index in [1.54, 1.807) is 13.8 Å². The third-order valence-corrected chi connectivity index (χ3v) is 5.03. The minimum absolute atomic E-state index is 0.0364. The van der Waals surface area contributed by atoms with E-state index in [9.17, 15) is 13.2 Å². The molecule has 0 aromatic rings. The van der Waals surface area contributed by atoms with Crippen LogP contribution in [0.2, 0.25) is 0 Å². The van der Waals surface area contributed by atoms with E-state index in [1.165, 1.54) is 4.31 Å². The summed E-state index contributed by atoms with van der Waals surface area (Å²) in [5.41, 5.74) is 0. The van der Waals surface area contributed by atoms with Gasteiger partial charge in [0.15, 0.2) is 0 Å². The molecule has 1 aliphatic rings. The summed E-state index contributed by atoms with van der Waals surface area (Å²) in [6.45, 7) is 3.68. The second kappa shape index (κ2) is 8.19. The lowest BCUT2D eigenvalue weighted by atomic mass is 9.95. The van der Waals surface area contributed by atoms with Crippen molar-refractivity contribution >= 4 is 32.2 Å². The number of rotatable bonds is 6. The molecule has 1 rings (SSSR count). The van der Waals surface area contributed by atoms with Crippen LogP contribution in [0.3, 0.4) is 0 Å². The van der Waals surface area contributed by atoms with Crippen LogP contribution in [0, 0.1) is 0 Å². The number of hydrogen-bond donors (Lipinski definition) is 1. The molecule has 1 saturated carbocycles. The van der Waals surface area contributed by atoms with Crippen molar-refractivity contribution in [1.29, 1.82) is 0 Å². The lowest BCUT2D eigenvalue weighted by Crippen LogP contribution is -2.50. The van der Waals surface area contributed by atoms with Gasteiger partial charge in [-0.05, 0) is 26.7 Å². The van der Waals surface area contributed by atoms with Crippen molar-refractivity contribution < 1.29 is 17.9 Å². The fraction of sp³-hybridized carbons (Fsp3) is 0.917. The Morgan fingerprint density at radius 2 is 1.95 bits per heavy atom. The van der Waals surface area contributed by atoms with E-state index in [1.807, 2.05) is 4.72 Å². The Kier molecular flexibility index (Phi) is 7.25. The highest BCUT2D eigenvalue weighted by molar-refractivity contribution is 9.09. The van der Waals surface area contributed by atoms with Crippen molar-refractivity contribution in [3.05, 3.63) is 0 Å². The predicted octanol–water partition coefficient (Wildman–Crippen LogP) is 2.40. The van der Waals surface area contributed by atoms with Gasteiger partial charge in [-0.3, -0.25) is 0 Å². The van der Waals surface area contributed by atoms with Crippen molar-refractivity contribution in [2.75, 3.05) is 11.9 Å². The van der Waals surface area contributed by atoms with Crippen LogP contribution in [-0.4, -0.2) is 42.8 Å². The summed E-state index contributed by atoms with van der Waals surface area (Å²) in [6.07, 6.45) is 3.59. The average Bonchev–Trinajstić information content (AvgIpc) is 2.35. The molecular formula is C12H23BrN2O4S. The van der Waals surface area contributed by atoms with Gasteiger partial charge in [-0.25, -0.2) is 9.52 Å². The molecule has 0 bridgehead atoms. The van der Waals surface area contributed by atoms with Crippen LogP contribution in [0.4, 0.5) is 4.79 Å². The normalized spacial score (nSPS) is 17.4. The summed E-state index contributed by atoms with van der Waals surface area (Å²) in [6, 6.07) is -0.0364. The molecule has 1 amide bonds. The van der Waals surface area contributed by atoms with Crippen molar-refractivity contribution in [2.24, 2.45) is 0 Å². The molecule has 0 aliphatic heterocycles. The van der Waals surface area contributed by atoms with E-state index < -0.39 is 16.3 Å². The molecule has 6 nitrogen and oxygen atoms in total. The lowest BCUT2D eigenvalue weighted by Gasteiger charge is -2.32. The van der Waals surface area contributed by atoms with E-state index in [4.69, 9.17) is 4.74 Å². The first-order chi connectivity index (χ1) is 9.36. The third-order valence-electron chi connectivity index (χ3n) is 3.15. The minimum Gasteiger partial charge on any atom is -0.446 e. The second-order valence-corrected chi connectivity index (χ2v) is 7.57. The zero-order chi connectivity index (χ0) is 15.2. The number of carbonyl (C=O) groups excluding carboxylic acids is 1. The summed E-state index contributed by atoms with van der Waals surface area (Å²) in [7, 11) is -3.85. The molecule has 0 aromatic carbocycles. The predicted molar refractivity (Wildman–Crippen MR) is 81.0 cm³/mol. The summed E-state index contributed by atoms with van der Waals surface area (Å²) in [5.74, 6) is 0. The minimum atomic E-state index is -3.85. The molecule has 0 saturated heterocycles. The van der Waals surface area contributed by atoms with Crippen LogP contribution in [0.5, 0.6) is 0 Å². The Labute approximate surface area is 129 Å². The number of alkyl halides is 1. The zero-order valence-corrected chi connectivity index (χ0v) is 14.4. The zero-order valence-electron chi connectivity index (χ0n) is 12.0. The Hall–Kier alpha value is -0.340. The summed E-state index contributed by atoms with van der Waals surface area (Å²) in [4.78, 5) is 11.5. The Balaban J connectivity index is 2.74. The average molecular weight is 371 g/mol. The van der Waals surface area contributed by atoms with E-state index in [0.29, 0.717) is 11.9 Å². The van der Waals surface area contributed by atoms with E-state index in [-0.39, 0.29) is 12.1 Å². The molecule has 1 N–H and O–H groups in total. The smallest absolute Gasteiger partial charge is 0.422 e. The molecule has 0 atom stereocenters. The molecule has 8 heteroatoms. The van der Waals surface area contributed by atoms with Crippen molar-refractivity contribution in [2.45, 2.75) is 58.1 Å². The van der Waals surface area contributed by atoms with Gasteiger partial charge in [0.25, 0.3) is 0 Å². The maximum Gasteiger partial charge on any atom is 0.422 e. The van der Waals surface area contributed by atoms with Crippen LogP contribution in [0.25, 0.3) is 0 Å². The number of ether oxygens (including phenoxy) is 1. The van der Waals surface area contributed by atoms with Crippen LogP contribution in [0.1, 0.15) is 46.0 Å². The number of halogens is 1. The molecule has 1 aliphatic carbocycles. The van der Waals surface area contributed by atoms with Gasteiger partial charge in [0, 0.05) is 17.9 Å². The van der Waals surface area contributed by atoms with Crippen LogP contribution in [0.15, 0.2) is 0 Å². The molecule has 0 radical (unpaired) electrons. The monoisotopic (exact) mass is 370 g/mol. The Morgan fingerprint density at radius 3 is 2.45 bits per heavy atom. The standard InChI is InChI=1S/C12H23BrN2O4S/c1-10(2)19-12(16)14-20(17,18)15(9-8-13)11-6-4-3-5-7-11/h10-11H,3-9H2,1-2H3,(H,14,16). The summed E-state index contributed by atoms with van der Waals surface area (Å²) < 4.78 is 32.8. The lowest BCUT2D eigenvalue weighted by molar-refractivity contribution is 0.120. The molecular weight excluding hydrogens is 348 g/mol. The molecule has 0 unspecified atom stereocenters. The first kappa shape index (κ1) is 17.7. The van der Waals surface area contributed by atoms with Crippen LogP contribution in [-0.2, 0) is 14.9 Å². The largest absolute Gasteiger partial charge is 0.446 e. The van der Waals surface area contributed by atoms with Crippen LogP contribution < -0.4 is 4.72 Å². The fourth-order valence-corrected chi connectivity index (χ4v) is 4.28.